The molecule has 3 nitrogen and oxygen atoms in total. The van der Waals surface area contributed by atoms with Gasteiger partial charge in [0.05, 0.1) is 6.54 Å². The van der Waals surface area contributed by atoms with Crippen molar-refractivity contribution in [2.45, 2.75) is 27.7 Å². The van der Waals surface area contributed by atoms with Gasteiger partial charge >= 0.3 is 0 Å². The van der Waals surface area contributed by atoms with Gasteiger partial charge in [0.15, 0.2) is 0 Å². The molecule has 20 heavy (non-hydrogen) atoms. The molecule has 2 rings (SSSR count). The minimum Gasteiger partial charge on any atom is -0.351 e. The van der Waals surface area contributed by atoms with Gasteiger partial charge < -0.3 is 11.1 Å². The van der Waals surface area contributed by atoms with Crippen molar-refractivity contribution in [3.8, 4) is 11.8 Å². The number of thiophene rings is 1. The van der Waals surface area contributed by atoms with Crippen LogP contribution in [0, 0.1) is 28.6 Å². The van der Waals surface area contributed by atoms with E-state index in [1.54, 1.807) is 0 Å². The van der Waals surface area contributed by atoms with Crippen LogP contribution in [0.4, 0.5) is 0 Å². The van der Waals surface area contributed by atoms with Crippen molar-refractivity contribution in [3.63, 3.8) is 0 Å². The Balaban J connectivity index is 1.99. The van der Waals surface area contributed by atoms with Gasteiger partial charge in [-0.05, 0) is 28.2 Å². The predicted octanol–water partition coefficient (Wildman–Crippen LogP) is 2.47. The fourth-order valence-electron chi connectivity index (χ4n) is 2.85. The number of nitrogens with one attached hydrogen (secondary N) is 1. The van der Waals surface area contributed by atoms with Gasteiger partial charge in [-0.25, -0.2) is 0 Å². The summed E-state index contributed by atoms with van der Waals surface area (Å²) in [6.45, 7) is 10.1. The van der Waals surface area contributed by atoms with Gasteiger partial charge in [0.1, 0.15) is 4.88 Å². The lowest BCUT2D eigenvalue weighted by Gasteiger charge is -2.05. The summed E-state index contributed by atoms with van der Waals surface area (Å²) in [6, 6.07) is 1.87. The largest absolute Gasteiger partial charge is 0.351 e. The van der Waals surface area contributed by atoms with E-state index in [4.69, 9.17) is 5.73 Å². The van der Waals surface area contributed by atoms with Gasteiger partial charge in [-0.2, -0.15) is 0 Å². The Morgan fingerprint density at radius 1 is 1.40 bits per heavy atom. The van der Waals surface area contributed by atoms with E-state index in [0.29, 0.717) is 17.3 Å². The molecule has 0 radical (unpaired) electrons. The van der Waals surface area contributed by atoms with Crippen LogP contribution in [0.2, 0.25) is 0 Å². The molecule has 0 spiro atoms. The first-order chi connectivity index (χ1) is 9.32. The Kier molecular flexibility index (Phi) is 3.95. The standard InChI is InChI=1S/C16H22N2OS/c1-15(2)12(16(15,3)4)10-18-14(19)13-11(6-5-8-17)7-9-20-13/h7,9,12H,8,10,17H2,1-4H3,(H,18,19). The van der Waals surface area contributed by atoms with Crippen LogP contribution in [0.15, 0.2) is 11.4 Å². The maximum absolute atomic E-state index is 12.2. The third kappa shape index (κ3) is 2.48. The van der Waals surface area contributed by atoms with E-state index < -0.39 is 0 Å². The summed E-state index contributed by atoms with van der Waals surface area (Å²) in [5.41, 5.74) is 6.72. The van der Waals surface area contributed by atoms with E-state index in [1.165, 1.54) is 11.3 Å². The molecule has 108 valence electrons. The Morgan fingerprint density at radius 2 is 2.05 bits per heavy atom. The predicted molar refractivity (Wildman–Crippen MR) is 83.6 cm³/mol. The van der Waals surface area contributed by atoms with Crippen LogP contribution in [-0.2, 0) is 0 Å². The van der Waals surface area contributed by atoms with Crippen LogP contribution in [0.1, 0.15) is 42.9 Å². The normalized spacial score (nSPS) is 19.1. The average Bonchev–Trinajstić information content (AvgIpc) is 2.75. The van der Waals surface area contributed by atoms with Crippen LogP contribution < -0.4 is 11.1 Å². The SMILES string of the molecule is CC1(C)C(CNC(=O)c2sccc2C#CCN)C1(C)C. The number of carbonyl (C=O) groups is 1. The summed E-state index contributed by atoms with van der Waals surface area (Å²) >= 11 is 1.42. The first-order valence-corrected chi connectivity index (χ1v) is 7.75. The fourth-order valence-corrected chi connectivity index (χ4v) is 3.61. The lowest BCUT2D eigenvalue weighted by Crippen LogP contribution is -2.27. The van der Waals surface area contributed by atoms with Gasteiger partial charge in [-0.15, -0.1) is 11.3 Å². The Hall–Kier alpha value is -1.31. The van der Waals surface area contributed by atoms with Gasteiger partial charge in [0.2, 0.25) is 0 Å². The summed E-state index contributed by atoms with van der Waals surface area (Å²) in [5.74, 6) is 6.24. The molecule has 3 N–H and O–H groups in total. The first kappa shape index (κ1) is 15.1. The molecule has 0 atom stereocenters. The van der Waals surface area contributed by atoms with Crippen molar-refractivity contribution in [3.05, 3.63) is 21.9 Å². The molecule has 1 heterocycles. The fraction of sp³-hybridized carbons (Fsp3) is 0.562. The monoisotopic (exact) mass is 290 g/mol. The zero-order chi connectivity index (χ0) is 15.0. The van der Waals surface area contributed by atoms with Crippen molar-refractivity contribution in [2.75, 3.05) is 13.1 Å². The van der Waals surface area contributed by atoms with Crippen molar-refractivity contribution < 1.29 is 4.79 Å². The minimum atomic E-state index is -0.0279. The topological polar surface area (TPSA) is 55.1 Å². The quantitative estimate of drug-likeness (QED) is 0.840. The Labute approximate surface area is 124 Å². The molecule has 0 bridgehead atoms. The van der Waals surface area contributed by atoms with Crippen LogP contribution >= 0.6 is 11.3 Å². The average molecular weight is 290 g/mol. The van der Waals surface area contributed by atoms with Crippen LogP contribution in [-0.4, -0.2) is 19.0 Å². The third-order valence-electron chi connectivity index (χ3n) is 4.98. The molecule has 4 heteroatoms. The molecule has 0 aliphatic heterocycles. The summed E-state index contributed by atoms with van der Waals surface area (Å²) in [6.07, 6.45) is 0. The second kappa shape index (κ2) is 5.23. The molecule has 0 saturated heterocycles. The van der Waals surface area contributed by atoms with Crippen molar-refractivity contribution in [1.82, 2.24) is 5.32 Å². The molecule has 1 aromatic heterocycles. The number of nitrogens with two attached hydrogens (primary N) is 1. The minimum absolute atomic E-state index is 0.0279. The van der Waals surface area contributed by atoms with E-state index in [-0.39, 0.29) is 16.7 Å². The molecule has 1 aromatic rings. The molecule has 0 unspecified atom stereocenters. The lowest BCUT2D eigenvalue weighted by atomic mass is 10.0. The van der Waals surface area contributed by atoms with Crippen molar-refractivity contribution >= 4 is 17.2 Å². The van der Waals surface area contributed by atoms with Crippen molar-refractivity contribution in [2.24, 2.45) is 22.5 Å². The number of hydrogen-bond acceptors (Lipinski definition) is 3. The van der Waals surface area contributed by atoms with E-state index in [1.807, 2.05) is 11.4 Å². The highest BCUT2D eigenvalue weighted by atomic mass is 32.1. The van der Waals surface area contributed by atoms with Crippen LogP contribution in [0.3, 0.4) is 0 Å². The smallest absolute Gasteiger partial charge is 0.262 e. The third-order valence-corrected chi connectivity index (χ3v) is 5.90. The van der Waals surface area contributed by atoms with Crippen LogP contribution in [0.25, 0.3) is 0 Å². The number of hydrogen-bond donors (Lipinski definition) is 2. The Morgan fingerprint density at radius 3 is 2.60 bits per heavy atom. The molecule has 1 aliphatic rings. The van der Waals surface area contributed by atoms with Gasteiger partial charge in [-0.3, -0.25) is 4.79 Å². The summed E-state index contributed by atoms with van der Waals surface area (Å²) in [7, 11) is 0. The van der Waals surface area contributed by atoms with E-state index in [2.05, 4.69) is 44.9 Å². The van der Waals surface area contributed by atoms with E-state index in [0.717, 1.165) is 12.1 Å². The lowest BCUT2D eigenvalue weighted by molar-refractivity contribution is 0.0954. The number of amides is 1. The highest BCUT2D eigenvalue weighted by Crippen LogP contribution is 2.67. The zero-order valence-electron chi connectivity index (χ0n) is 12.5. The number of carbonyl (C=O) groups excluding carboxylic acids is 1. The maximum atomic E-state index is 12.2. The molecule has 1 aliphatic carbocycles. The highest BCUT2D eigenvalue weighted by Gasteiger charge is 2.64. The zero-order valence-corrected chi connectivity index (χ0v) is 13.4. The first-order valence-electron chi connectivity index (χ1n) is 6.87. The molecule has 1 fully saturated rings. The van der Waals surface area contributed by atoms with Crippen LogP contribution in [0.5, 0.6) is 0 Å². The van der Waals surface area contributed by atoms with Gasteiger partial charge in [0, 0.05) is 12.1 Å². The number of rotatable bonds is 3. The molecule has 0 aromatic carbocycles. The highest BCUT2D eigenvalue weighted by molar-refractivity contribution is 7.12. The second-order valence-corrected chi connectivity index (χ2v) is 7.29. The molecule has 1 saturated carbocycles. The van der Waals surface area contributed by atoms with Gasteiger partial charge in [-0.1, -0.05) is 39.5 Å². The second-order valence-electron chi connectivity index (χ2n) is 6.38. The van der Waals surface area contributed by atoms with Gasteiger partial charge in [0.25, 0.3) is 5.91 Å². The molecular formula is C16H22N2OS. The summed E-state index contributed by atoms with van der Waals surface area (Å²) in [5, 5.41) is 4.94. The van der Waals surface area contributed by atoms with E-state index in [9.17, 15) is 4.79 Å². The summed E-state index contributed by atoms with van der Waals surface area (Å²) < 4.78 is 0. The van der Waals surface area contributed by atoms with E-state index >= 15 is 0 Å². The summed E-state index contributed by atoms with van der Waals surface area (Å²) in [4.78, 5) is 12.9. The Bertz CT molecular complexity index is 561. The molecule has 1 amide bonds. The maximum Gasteiger partial charge on any atom is 0.262 e. The van der Waals surface area contributed by atoms with Crippen molar-refractivity contribution in [1.29, 1.82) is 0 Å². The molecular weight excluding hydrogens is 268 g/mol.